The SMILES string of the molecule is Cc1cn(C2CCC(C)CC2)nc1N. The van der Waals surface area contributed by atoms with Gasteiger partial charge in [-0.25, -0.2) is 0 Å². The minimum Gasteiger partial charge on any atom is -0.382 e. The molecule has 0 saturated heterocycles. The Morgan fingerprint density at radius 2 is 2.00 bits per heavy atom. The lowest BCUT2D eigenvalue weighted by Gasteiger charge is -2.26. The van der Waals surface area contributed by atoms with Crippen LogP contribution in [0.5, 0.6) is 0 Å². The van der Waals surface area contributed by atoms with Gasteiger partial charge in [-0.2, -0.15) is 5.10 Å². The van der Waals surface area contributed by atoms with Gasteiger partial charge in [-0.3, -0.25) is 4.68 Å². The number of aromatic nitrogens is 2. The Kier molecular flexibility index (Phi) is 2.48. The number of nitrogens with zero attached hydrogens (tertiary/aromatic N) is 2. The van der Waals surface area contributed by atoms with Crippen molar-refractivity contribution < 1.29 is 0 Å². The molecule has 1 heterocycles. The first-order valence-electron chi connectivity index (χ1n) is 5.48. The molecule has 2 rings (SSSR count). The fourth-order valence-electron chi connectivity index (χ4n) is 2.19. The lowest BCUT2D eigenvalue weighted by atomic mass is 9.87. The minimum absolute atomic E-state index is 0.585. The number of hydrogen-bond donors (Lipinski definition) is 1. The first-order valence-corrected chi connectivity index (χ1v) is 5.48. The summed E-state index contributed by atoms with van der Waals surface area (Å²) in [6.07, 6.45) is 7.23. The highest BCUT2D eigenvalue weighted by Crippen LogP contribution is 2.31. The van der Waals surface area contributed by atoms with Gasteiger partial charge in [0.25, 0.3) is 0 Å². The Labute approximate surface area is 85.3 Å². The summed E-state index contributed by atoms with van der Waals surface area (Å²) in [6, 6.07) is 0.585. The molecule has 0 aliphatic heterocycles. The summed E-state index contributed by atoms with van der Waals surface area (Å²) < 4.78 is 2.07. The quantitative estimate of drug-likeness (QED) is 0.744. The third-order valence-electron chi connectivity index (χ3n) is 3.31. The van der Waals surface area contributed by atoms with Crippen LogP contribution in [0, 0.1) is 12.8 Å². The molecule has 0 unspecified atom stereocenters. The molecule has 2 N–H and O–H groups in total. The predicted octanol–water partition coefficient (Wildman–Crippen LogP) is 2.52. The van der Waals surface area contributed by atoms with E-state index >= 15 is 0 Å². The van der Waals surface area contributed by atoms with Crippen LogP contribution in [0.4, 0.5) is 5.82 Å². The van der Waals surface area contributed by atoms with E-state index < -0.39 is 0 Å². The van der Waals surface area contributed by atoms with Crippen molar-refractivity contribution in [1.29, 1.82) is 0 Å². The maximum Gasteiger partial charge on any atom is 0.148 e. The van der Waals surface area contributed by atoms with E-state index in [1.54, 1.807) is 0 Å². The van der Waals surface area contributed by atoms with Crippen molar-refractivity contribution in [3.8, 4) is 0 Å². The molecule has 1 aliphatic carbocycles. The van der Waals surface area contributed by atoms with E-state index in [1.165, 1.54) is 25.7 Å². The van der Waals surface area contributed by atoms with E-state index in [9.17, 15) is 0 Å². The van der Waals surface area contributed by atoms with Gasteiger partial charge in [-0.15, -0.1) is 0 Å². The van der Waals surface area contributed by atoms with Crippen molar-refractivity contribution in [1.82, 2.24) is 9.78 Å². The smallest absolute Gasteiger partial charge is 0.148 e. The van der Waals surface area contributed by atoms with Crippen LogP contribution in [0.3, 0.4) is 0 Å². The van der Waals surface area contributed by atoms with Gasteiger partial charge < -0.3 is 5.73 Å². The number of nitrogens with two attached hydrogens (primary N) is 1. The molecule has 3 heteroatoms. The zero-order valence-electron chi connectivity index (χ0n) is 9.03. The summed E-state index contributed by atoms with van der Waals surface area (Å²) in [7, 11) is 0. The Hall–Kier alpha value is -0.990. The summed E-state index contributed by atoms with van der Waals surface area (Å²) in [6.45, 7) is 4.35. The average Bonchev–Trinajstić information content (AvgIpc) is 2.48. The number of rotatable bonds is 1. The first-order chi connectivity index (χ1) is 6.66. The van der Waals surface area contributed by atoms with E-state index in [4.69, 9.17) is 5.73 Å². The van der Waals surface area contributed by atoms with Crippen molar-refractivity contribution >= 4 is 5.82 Å². The van der Waals surface area contributed by atoms with Crippen LogP contribution in [-0.4, -0.2) is 9.78 Å². The molecule has 0 radical (unpaired) electrons. The Bertz CT molecular complexity index is 289. The van der Waals surface area contributed by atoms with Crippen LogP contribution in [0.1, 0.15) is 44.2 Å². The Morgan fingerprint density at radius 3 is 2.50 bits per heavy atom. The van der Waals surface area contributed by atoms with Crippen LogP contribution < -0.4 is 5.73 Å². The number of aryl methyl sites for hydroxylation is 1. The zero-order valence-corrected chi connectivity index (χ0v) is 9.03. The molecule has 0 spiro atoms. The van der Waals surface area contributed by atoms with E-state index in [-0.39, 0.29) is 0 Å². The highest BCUT2D eigenvalue weighted by Gasteiger charge is 2.20. The molecule has 0 aromatic carbocycles. The third kappa shape index (κ3) is 1.76. The molecule has 3 nitrogen and oxygen atoms in total. The van der Waals surface area contributed by atoms with Crippen molar-refractivity contribution in [2.24, 2.45) is 5.92 Å². The van der Waals surface area contributed by atoms with Gasteiger partial charge in [0.1, 0.15) is 5.82 Å². The van der Waals surface area contributed by atoms with Gasteiger partial charge in [0.2, 0.25) is 0 Å². The van der Waals surface area contributed by atoms with E-state index in [1.807, 2.05) is 6.92 Å². The molecule has 1 aromatic rings. The zero-order chi connectivity index (χ0) is 10.1. The number of anilines is 1. The van der Waals surface area contributed by atoms with Gasteiger partial charge in [0.15, 0.2) is 0 Å². The second-order valence-corrected chi connectivity index (χ2v) is 4.59. The Morgan fingerprint density at radius 1 is 1.36 bits per heavy atom. The Balaban J connectivity index is 2.08. The maximum atomic E-state index is 5.74. The van der Waals surface area contributed by atoms with Gasteiger partial charge in [0, 0.05) is 11.8 Å². The molecule has 0 amide bonds. The van der Waals surface area contributed by atoms with Gasteiger partial charge >= 0.3 is 0 Å². The van der Waals surface area contributed by atoms with Crippen LogP contribution in [0.25, 0.3) is 0 Å². The molecule has 1 saturated carbocycles. The van der Waals surface area contributed by atoms with Crippen molar-refractivity contribution in [2.75, 3.05) is 5.73 Å². The van der Waals surface area contributed by atoms with Crippen LogP contribution in [0.2, 0.25) is 0 Å². The van der Waals surface area contributed by atoms with Crippen molar-refractivity contribution in [2.45, 2.75) is 45.6 Å². The van der Waals surface area contributed by atoms with Crippen LogP contribution in [-0.2, 0) is 0 Å². The summed E-state index contributed by atoms with van der Waals surface area (Å²) in [5, 5.41) is 4.35. The van der Waals surface area contributed by atoms with Crippen molar-refractivity contribution in [3.05, 3.63) is 11.8 Å². The molecule has 1 aliphatic rings. The van der Waals surface area contributed by atoms with Crippen LogP contribution >= 0.6 is 0 Å². The molecule has 1 fully saturated rings. The molecule has 0 atom stereocenters. The molecule has 1 aromatic heterocycles. The maximum absolute atomic E-state index is 5.74. The summed E-state index contributed by atoms with van der Waals surface area (Å²) in [5.74, 6) is 1.57. The minimum atomic E-state index is 0.585. The van der Waals surface area contributed by atoms with E-state index in [0.717, 1.165) is 11.5 Å². The second kappa shape index (κ2) is 3.64. The highest BCUT2D eigenvalue weighted by molar-refractivity contribution is 5.35. The average molecular weight is 193 g/mol. The fourth-order valence-corrected chi connectivity index (χ4v) is 2.19. The second-order valence-electron chi connectivity index (χ2n) is 4.59. The molecule has 14 heavy (non-hydrogen) atoms. The van der Waals surface area contributed by atoms with Crippen molar-refractivity contribution in [3.63, 3.8) is 0 Å². The lowest BCUT2D eigenvalue weighted by Crippen LogP contribution is -2.17. The van der Waals surface area contributed by atoms with Crippen LogP contribution in [0.15, 0.2) is 6.20 Å². The highest BCUT2D eigenvalue weighted by atomic mass is 15.3. The molecule has 0 bridgehead atoms. The van der Waals surface area contributed by atoms with E-state index in [2.05, 4.69) is 22.9 Å². The fraction of sp³-hybridized carbons (Fsp3) is 0.727. The first kappa shape index (κ1) is 9.56. The van der Waals surface area contributed by atoms with E-state index in [0.29, 0.717) is 11.9 Å². The molecule has 78 valence electrons. The van der Waals surface area contributed by atoms with Gasteiger partial charge in [-0.1, -0.05) is 6.92 Å². The monoisotopic (exact) mass is 193 g/mol. The lowest BCUT2D eigenvalue weighted by molar-refractivity contribution is 0.274. The number of hydrogen-bond acceptors (Lipinski definition) is 2. The number of nitrogen functional groups attached to an aromatic ring is 1. The summed E-state index contributed by atoms with van der Waals surface area (Å²) in [5.41, 5.74) is 6.84. The normalized spacial score (nSPS) is 27.9. The molecular formula is C11H19N3. The topological polar surface area (TPSA) is 43.8 Å². The molecular weight excluding hydrogens is 174 g/mol. The van der Waals surface area contributed by atoms with Gasteiger partial charge in [0.05, 0.1) is 6.04 Å². The standard InChI is InChI=1S/C11H19N3/c1-8-3-5-10(6-4-8)14-7-9(2)11(12)13-14/h7-8,10H,3-6H2,1-2H3,(H2,12,13). The van der Waals surface area contributed by atoms with Gasteiger partial charge in [-0.05, 0) is 38.5 Å². The predicted molar refractivity (Wildman–Crippen MR) is 58.0 cm³/mol. The largest absolute Gasteiger partial charge is 0.382 e. The summed E-state index contributed by atoms with van der Waals surface area (Å²) >= 11 is 0. The third-order valence-corrected chi connectivity index (χ3v) is 3.31. The summed E-state index contributed by atoms with van der Waals surface area (Å²) in [4.78, 5) is 0.